The molecule has 0 aliphatic heterocycles. The standard InChI is InChI=1S/C21H22N2OS/c1-4-11-23-18(13-15-10-12-25-21(15)23)20(24)19-14(3)22(5-2)17-9-7-6-8-16(17)19/h6-10,12-13H,4-5,11H2,1-3H3. The minimum Gasteiger partial charge on any atom is -0.344 e. The van der Waals surface area contributed by atoms with E-state index in [1.807, 2.05) is 12.1 Å². The summed E-state index contributed by atoms with van der Waals surface area (Å²) in [5, 5.41) is 4.32. The highest BCUT2D eigenvalue weighted by atomic mass is 32.1. The predicted octanol–water partition coefficient (Wildman–Crippen LogP) is 5.63. The second-order valence-corrected chi connectivity index (χ2v) is 7.31. The maximum Gasteiger partial charge on any atom is 0.211 e. The first-order chi connectivity index (χ1) is 12.2. The molecular formula is C21H22N2OS. The lowest BCUT2D eigenvalue weighted by molar-refractivity contribution is 0.103. The normalized spacial score (nSPS) is 11.6. The molecule has 25 heavy (non-hydrogen) atoms. The zero-order chi connectivity index (χ0) is 17.6. The van der Waals surface area contributed by atoms with E-state index in [0.29, 0.717) is 0 Å². The zero-order valence-electron chi connectivity index (χ0n) is 14.9. The van der Waals surface area contributed by atoms with Crippen molar-refractivity contribution in [3.8, 4) is 0 Å². The SMILES string of the molecule is CCCn1c(C(=O)c2c(C)n(CC)c3ccccc23)cc2ccsc21. The molecule has 4 aromatic rings. The van der Waals surface area contributed by atoms with Crippen LogP contribution < -0.4 is 0 Å². The van der Waals surface area contributed by atoms with Crippen molar-refractivity contribution in [3.63, 3.8) is 0 Å². The molecule has 1 aromatic carbocycles. The summed E-state index contributed by atoms with van der Waals surface area (Å²) in [6, 6.07) is 12.4. The number of carbonyl (C=O) groups excluding carboxylic acids is 1. The average molecular weight is 350 g/mol. The molecule has 0 N–H and O–H groups in total. The van der Waals surface area contributed by atoms with Crippen LogP contribution in [0.25, 0.3) is 21.1 Å². The van der Waals surface area contributed by atoms with Gasteiger partial charge >= 0.3 is 0 Å². The van der Waals surface area contributed by atoms with E-state index >= 15 is 0 Å². The number of ketones is 1. The van der Waals surface area contributed by atoms with Crippen molar-refractivity contribution >= 4 is 38.2 Å². The third kappa shape index (κ3) is 2.35. The molecule has 4 heteroatoms. The average Bonchev–Trinajstić information content (AvgIpc) is 3.27. The highest BCUT2D eigenvalue weighted by Crippen LogP contribution is 2.31. The number of benzene rings is 1. The maximum atomic E-state index is 13.5. The van der Waals surface area contributed by atoms with Crippen LogP contribution in [0.1, 0.15) is 42.0 Å². The number of aromatic nitrogens is 2. The predicted molar refractivity (Wildman–Crippen MR) is 106 cm³/mol. The monoisotopic (exact) mass is 350 g/mol. The molecule has 0 spiro atoms. The van der Waals surface area contributed by atoms with Crippen molar-refractivity contribution in [2.45, 2.75) is 40.3 Å². The van der Waals surface area contributed by atoms with E-state index in [1.54, 1.807) is 11.3 Å². The van der Waals surface area contributed by atoms with E-state index in [9.17, 15) is 4.79 Å². The molecular weight excluding hydrogens is 328 g/mol. The first-order valence-corrected chi connectivity index (χ1v) is 9.74. The van der Waals surface area contributed by atoms with Crippen LogP contribution in [0.15, 0.2) is 41.8 Å². The summed E-state index contributed by atoms with van der Waals surface area (Å²) < 4.78 is 4.43. The molecule has 3 heterocycles. The van der Waals surface area contributed by atoms with Crippen molar-refractivity contribution in [1.29, 1.82) is 0 Å². The number of aryl methyl sites for hydroxylation is 2. The van der Waals surface area contributed by atoms with E-state index in [4.69, 9.17) is 0 Å². The third-order valence-corrected chi connectivity index (χ3v) is 5.91. The molecule has 0 atom stereocenters. The summed E-state index contributed by atoms with van der Waals surface area (Å²) >= 11 is 1.71. The van der Waals surface area contributed by atoms with Gasteiger partial charge in [0.2, 0.25) is 5.78 Å². The molecule has 0 amide bonds. The summed E-state index contributed by atoms with van der Waals surface area (Å²) in [6.07, 6.45) is 1.01. The Balaban J connectivity index is 1.96. The second-order valence-electron chi connectivity index (χ2n) is 6.41. The molecule has 3 nitrogen and oxygen atoms in total. The van der Waals surface area contributed by atoms with E-state index in [-0.39, 0.29) is 5.78 Å². The highest BCUT2D eigenvalue weighted by Gasteiger charge is 2.24. The van der Waals surface area contributed by atoms with Gasteiger partial charge in [-0.1, -0.05) is 25.1 Å². The number of para-hydroxylation sites is 1. The molecule has 0 fully saturated rings. The van der Waals surface area contributed by atoms with Gasteiger partial charge in [-0.2, -0.15) is 0 Å². The first-order valence-electron chi connectivity index (χ1n) is 8.86. The lowest BCUT2D eigenvalue weighted by atomic mass is 10.0. The number of fused-ring (bicyclic) bond motifs is 2. The molecule has 0 aliphatic rings. The van der Waals surface area contributed by atoms with Crippen molar-refractivity contribution in [3.05, 3.63) is 58.7 Å². The van der Waals surface area contributed by atoms with Crippen molar-refractivity contribution in [1.82, 2.24) is 9.13 Å². The summed E-state index contributed by atoms with van der Waals surface area (Å²) in [6.45, 7) is 8.08. The van der Waals surface area contributed by atoms with Crippen molar-refractivity contribution in [2.75, 3.05) is 0 Å². The van der Waals surface area contributed by atoms with E-state index < -0.39 is 0 Å². The van der Waals surface area contributed by atoms with Gasteiger partial charge < -0.3 is 9.13 Å². The summed E-state index contributed by atoms with van der Waals surface area (Å²) in [5.74, 6) is 0.137. The van der Waals surface area contributed by atoms with Gasteiger partial charge in [-0.15, -0.1) is 11.3 Å². The number of rotatable bonds is 5. The first kappa shape index (κ1) is 16.2. The zero-order valence-corrected chi connectivity index (χ0v) is 15.7. The molecule has 0 unspecified atom stereocenters. The Bertz CT molecular complexity index is 1080. The summed E-state index contributed by atoms with van der Waals surface area (Å²) in [7, 11) is 0. The number of hydrogen-bond donors (Lipinski definition) is 0. The van der Waals surface area contributed by atoms with Gasteiger partial charge in [0.1, 0.15) is 4.83 Å². The van der Waals surface area contributed by atoms with Gasteiger partial charge in [0.15, 0.2) is 0 Å². The van der Waals surface area contributed by atoms with Gasteiger partial charge in [0.05, 0.1) is 11.3 Å². The fraction of sp³-hybridized carbons (Fsp3) is 0.286. The van der Waals surface area contributed by atoms with Crippen LogP contribution in [0, 0.1) is 6.92 Å². The topological polar surface area (TPSA) is 26.9 Å². The Morgan fingerprint density at radius 1 is 1.12 bits per heavy atom. The smallest absolute Gasteiger partial charge is 0.211 e. The Kier molecular flexibility index (Phi) is 4.00. The fourth-order valence-electron chi connectivity index (χ4n) is 3.86. The van der Waals surface area contributed by atoms with Crippen LogP contribution in [0.2, 0.25) is 0 Å². The van der Waals surface area contributed by atoms with Gasteiger partial charge in [-0.05, 0) is 43.8 Å². The Morgan fingerprint density at radius 2 is 1.92 bits per heavy atom. The van der Waals surface area contributed by atoms with Crippen LogP contribution in [0.4, 0.5) is 0 Å². The summed E-state index contributed by atoms with van der Waals surface area (Å²) in [4.78, 5) is 14.7. The summed E-state index contributed by atoms with van der Waals surface area (Å²) in [5.41, 5.74) is 3.85. The lowest BCUT2D eigenvalue weighted by Gasteiger charge is -2.09. The molecule has 4 rings (SSSR count). The Morgan fingerprint density at radius 3 is 2.68 bits per heavy atom. The van der Waals surface area contributed by atoms with Gasteiger partial charge in [0.25, 0.3) is 0 Å². The molecule has 3 aromatic heterocycles. The van der Waals surface area contributed by atoms with E-state index in [0.717, 1.165) is 47.4 Å². The van der Waals surface area contributed by atoms with E-state index in [1.165, 1.54) is 10.2 Å². The fourth-order valence-corrected chi connectivity index (χ4v) is 4.79. The molecule has 128 valence electrons. The molecule has 0 radical (unpaired) electrons. The second kappa shape index (κ2) is 6.19. The number of nitrogens with zero attached hydrogens (tertiary/aromatic N) is 2. The Hall–Kier alpha value is -2.33. The largest absolute Gasteiger partial charge is 0.344 e. The van der Waals surface area contributed by atoms with E-state index in [2.05, 4.69) is 59.6 Å². The lowest BCUT2D eigenvalue weighted by Crippen LogP contribution is -2.11. The molecule has 0 saturated carbocycles. The van der Waals surface area contributed by atoms with Crippen LogP contribution in [0.3, 0.4) is 0 Å². The number of thiophene rings is 1. The third-order valence-electron chi connectivity index (χ3n) is 4.96. The molecule has 0 aliphatic carbocycles. The highest BCUT2D eigenvalue weighted by molar-refractivity contribution is 7.16. The van der Waals surface area contributed by atoms with Gasteiger partial charge in [0, 0.05) is 35.1 Å². The minimum atomic E-state index is 0.137. The number of hydrogen-bond acceptors (Lipinski definition) is 2. The quantitative estimate of drug-likeness (QED) is 0.429. The Labute approximate surface area is 151 Å². The van der Waals surface area contributed by atoms with Crippen molar-refractivity contribution in [2.24, 2.45) is 0 Å². The van der Waals surface area contributed by atoms with Crippen LogP contribution >= 0.6 is 11.3 Å². The van der Waals surface area contributed by atoms with Gasteiger partial charge in [-0.3, -0.25) is 4.79 Å². The van der Waals surface area contributed by atoms with Crippen molar-refractivity contribution < 1.29 is 4.79 Å². The molecule has 0 bridgehead atoms. The minimum absolute atomic E-state index is 0.137. The van der Waals surface area contributed by atoms with Crippen LogP contribution in [-0.4, -0.2) is 14.9 Å². The van der Waals surface area contributed by atoms with Gasteiger partial charge in [-0.25, -0.2) is 0 Å². The maximum absolute atomic E-state index is 13.5. The van der Waals surface area contributed by atoms with Crippen LogP contribution in [-0.2, 0) is 13.1 Å². The number of carbonyl (C=O) groups is 1. The molecule has 0 saturated heterocycles. The van der Waals surface area contributed by atoms with Crippen LogP contribution in [0.5, 0.6) is 0 Å².